The van der Waals surface area contributed by atoms with Crippen LogP contribution in [0.25, 0.3) is 10.9 Å². The van der Waals surface area contributed by atoms with Crippen LogP contribution in [0.15, 0.2) is 29.5 Å². The zero-order valence-corrected chi connectivity index (χ0v) is 20.3. The predicted octanol–water partition coefficient (Wildman–Crippen LogP) is 3.26. The normalized spacial score (nSPS) is 18.1. The van der Waals surface area contributed by atoms with Crippen LogP contribution in [0, 0.1) is 11.8 Å². The Bertz CT molecular complexity index is 1210. The van der Waals surface area contributed by atoms with Crippen molar-refractivity contribution in [2.75, 3.05) is 20.3 Å². The van der Waals surface area contributed by atoms with Crippen LogP contribution in [0.2, 0.25) is 0 Å². The molecule has 1 aliphatic heterocycles. The van der Waals surface area contributed by atoms with E-state index in [4.69, 9.17) is 9.47 Å². The first-order valence-electron chi connectivity index (χ1n) is 11.9. The molecule has 2 heterocycles. The number of ketones is 1. The summed E-state index contributed by atoms with van der Waals surface area (Å²) in [6.45, 7) is 6.08. The number of aromatic nitrogens is 2. The lowest BCUT2D eigenvalue weighted by molar-refractivity contribution is -0.140. The maximum Gasteiger partial charge on any atom is 0.355 e. The molecular formula is C25H30N4O6. The number of nitrogens with zero attached hydrogens (tertiary/aromatic N) is 2. The molecule has 0 saturated heterocycles. The van der Waals surface area contributed by atoms with Crippen LogP contribution in [0.5, 0.6) is 0 Å². The summed E-state index contributed by atoms with van der Waals surface area (Å²) in [5, 5.41) is 10.6. The average molecular weight is 483 g/mol. The summed E-state index contributed by atoms with van der Waals surface area (Å²) < 4.78 is 10.1. The van der Waals surface area contributed by atoms with E-state index < -0.39 is 24.0 Å². The van der Waals surface area contributed by atoms with E-state index in [0.29, 0.717) is 28.6 Å². The van der Waals surface area contributed by atoms with E-state index in [1.165, 1.54) is 12.0 Å². The van der Waals surface area contributed by atoms with Gasteiger partial charge in [0.25, 0.3) is 0 Å². The minimum Gasteiger partial charge on any atom is -0.465 e. The molecule has 1 aromatic heterocycles. The first-order chi connectivity index (χ1) is 16.8. The number of methoxy groups -OCH3 is 1. The third kappa shape index (κ3) is 4.78. The van der Waals surface area contributed by atoms with Gasteiger partial charge in [0, 0.05) is 17.8 Å². The number of amides is 2. The number of urea groups is 1. The number of Topliss-reactive ketones (excluding diaryl/α,β-unsaturated/α-hetero) is 1. The van der Waals surface area contributed by atoms with Crippen molar-refractivity contribution in [2.45, 2.75) is 46.1 Å². The van der Waals surface area contributed by atoms with Crippen LogP contribution in [-0.2, 0) is 19.1 Å². The van der Waals surface area contributed by atoms with Gasteiger partial charge in [-0.15, -0.1) is 0 Å². The van der Waals surface area contributed by atoms with Crippen molar-refractivity contribution in [1.29, 1.82) is 0 Å². The molecule has 186 valence electrons. The topological polar surface area (TPSA) is 131 Å². The molecule has 1 unspecified atom stereocenters. The summed E-state index contributed by atoms with van der Waals surface area (Å²) in [4.78, 5) is 53.5. The Morgan fingerprint density at radius 2 is 1.94 bits per heavy atom. The predicted molar refractivity (Wildman–Crippen MR) is 126 cm³/mol. The zero-order valence-electron chi connectivity index (χ0n) is 20.3. The van der Waals surface area contributed by atoms with Crippen LogP contribution in [-0.4, -0.2) is 59.1 Å². The van der Waals surface area contributed by atoms with Gasteiger partial charge in [0.15, 0.2) is 5.78 Å². The number of carbonyl (C=O) groups excluding carboxylic acids is 4. The monoisotopic (exact) mass is 482 g/mol. The highest BCUT2D eigenvalue weighted by Gasteiger charge is 2.45. The van der Waals surface area contributed by atoms with Crippen molar-refractivity contribution >= 4 is 34.7 Å². The van der Waals surface area contributed by atoms with E-state index in [9.17, 15) is 19.2 Å². The molecule has 35 heavy (non-hydrogen) atoms. The molecule has 0 bridgehead atoms. The number of aromatic amines is 1. The molecule has 2 N–H and O–H groups in total. The van der Waals surface area contributed by atoms with Crippen molar-refractivity contribution in [3.05, 3.63) is 40.7 Å². The molecule has 4 rings (SSSR count). The smallest absolute Gasteiger partial charge is 0.355 e. The van der Waals surface area contributed by atoms with E-state index in [2.05, 4.69) is 15.5 Å². The van der Waals surface area contributed by atoms with Crippen molar-refractivity contribution in [3.8, 4) is 0 Å². The summed E-state index contributed by atoms with van der Waals surface area (Å²) in [7, 11) is 1.29. The number of benzene rings is 1. The maximum absolute atomic E-state index is 13.6. The molecule has 10 heteroatoms. The number of hydrogen-bond donors (Lipinski definition) is 2. The first kappa shape index (κ1) is 24.4. The Hall–Kier alpha value is -3.69. The van der Waals surface area contributed by atoms with Gasteiger partial charge in [-0.1, -0.05) is 13.8 Å². The highest BCUT2D eigenvalue weighted by Crippen LogP contribution is 2.41. The fourth-order valence-electron chi connectivity index (χ4n) is 4.21. The van der Waals surface area contributed by atoms with Crippen molar-refractivity contribution in [1.82, 2.24) is 20.4 Å². The van der Waals surface area contributed by atoms with Crippen LogP contribution < -0.4 is 5.32 Å². The average Bonchev–Trinajstić information content (AvgIpc) is 3.60. The molecule has 2 aliphatic rings. The molecule has 0 spiro atoms. The molecule has 0 radical (unpaired) electrons. The molecule has 1 saturated carbocycles. The second kappa shape index (κ2) is 9.89. The van der Waals surface area contributed by atoms with E-state index in [1.54, 1.807) is 25.1 Å². The highest BCUT2D eigenvalue weighted by molar-refractivity contribution is 6.10. The quantitative estimate of drug-likeness (QED) is 0.525. The van der Waals surface area contributed by atoms with Gasteiger partial charge in [-0.05, 0) is 50.3 Å². The Morgan fingerprint density at radius 1 is 1.20 bits per heavy atom. The maximum atomic E-state index is 13.6. The van der Waals surface area contributed by atoms with Crippen molar-refractivity contribution in [2.24, 2.45) is 11.8 Å². The Labute approximate surface area is 203 Å². The van der Waals surface area contributed by atoms with E-state index in [0.717, 1.165) is 12.8 Å². The van der Waals surface area contributed by atoms with Crippen LogP contribution in [0.3, 0.4) is 0 Å². The highest BCUT2D eigenvalue weighted by atomic mass is 16.5. The molecule has 2 aromatic rings. The molecule has 1 atom stereocenters. The van der Waals surface area contributed by atoms with E-state index >= 15 is 0 Å². The SMILES string of the molecule is CCOC(=O)C1=C(C(=O)C2CC2)C(c2[nH]nc3ccc(C(=O)OC)cc23)NC(=O)N1CCC(C)C. The number of esters is 2. The summed E-state index contributed by atoms with van der Waals surface area (Å²) in [5.41, 5.74) is 1.41. The molecular weight excluding hydrogens is 452 g/mol. The molecule has 1 fully saturated rings. The number of fused-ring (bicyclic) bond motifs is 1. The fourth-order valence-corrected chi connectivity index (χ4v) is 4.21. The molecule has 1 aliphatic carbocycles. The first-order valence-corrected chi connectivity index (χ1v) is 11.9. The van der Waals surface area contributed by atoms with Gasteiger partial charge >= 0.3 is 18.0 Å². The second-order valence-corrected chi connectivity index (χ2v) is 9.20. The number of ether oxygens (including phenoxy) is 2. The summed E-state index contributed by atoms with van der Waals surface area (Å²) >= 11 is 0. The molecule has 2 amide bonds. The number of H-pyrrole nitrogens is 1. The number of hydrogen-bond acceptors (Lipinski definition) is 7. The largest absolute Gasteiger partial charge is 0.465 e. The number of rotatable bonds is 9. The Balaban J connectivity index is 1.90. The van der Waals surface area contributed by atoms with Gasteiger partial charge in [-0.2, -0.15) is 5.10 Å². The Morgan fingerprint density at radius 3 is 2.57 bits per heavy atom. The van der Waals surface area contributed by atoms with Gasteiger partial charge in [-0.25, -0.2) is 14.4 Å². The molecule has 1 aromatic carbocycles. The van der Waals surface area contributed by atoms with E-state index in [1.807, 2.05) is 13.8 Å². The van der Waals surface area contributed by atoms with E-state index in [-0.39, 0.29) is 42.0 Å². The zero-order chi connectivity index (χ0) is 25.3. The standard InChI is InChI=1S/C25H30N4O6/c1-5-35-24(32)21-18(22(30)14-6-7-14)20(26-25(33)29(21)11-10-13(2)3)19-16-12-15(23(31)34-4)8-9-17(16)27-28-19/h8-9,12-14,20H,5-7,10-11H2,1-4H3,(H,26,33)(H,27,28). The van der Waals surface area contributed by atoms with Gasteiger partial charge in [-0.3, -0.25) is 14.8 Å². The summed E-state index contributed by atoms with van der Waals surface area (Å²) in [5.74, 6) is -1.36. The molecule has 10 nitrogen and oxygen atoms in total. The van der Waals surface area contributed by atoms with Crippen LogP contribution in [0.1, 0.15) is 62.1 Å². The van der Waals surface area contributed by atoms with Gasteiger partial charge in [0.1, 0.15) is 11.7 Å². The second-order valence-electron chi connectivity index (χ2n) is 9.20. The van der Waals surface area contributed by atoms with Crippen molar-refractivity contribution in [3.63, 3.8) is 0 Å². The number of nitrogens with one attached hydrogen (secondary N) is 2. The lowest BCUT2D eigenvalue weighted by Gasteiger charge is -2.35. The van der Waals surface area contributed by atoms with Crippen LogP contribution in [0.4, 0.5) is 4.79 Å². The number of carbonyl (C=O) groups is 4. The Kier molecular flexibility index (Phi) is 6.90. The minimum absolute atomic E-state index is 0.0231. The lowest BCUT2D eigenvalue weighted by Crippen LogP contribution is -2.51. The lowest BCUT2D eigenvalue weighted by atomic mass is 9.90. The van der Waals surface area contributed by atoms with Gasteiger partial charge in [0.2, 0.25) is 0 Å². The van der Waals surface area contributed by atoms with Gasteiger partial charge < -0.3 is 14.8 Å². The third-order valence-electron chi connectivity index (χ3n) is 6.23. The summed E-state index contributed by atoms with van der Waals surface area (Å²) in [6.07, 6.45) is 2.09. The van der Waals surface area contributed by atoms with Gasteiger partial charge in [0.05, 0.1) is 36.1 Å². The minimum atomic E-state index is -0.955. The third-order valence-corrected chi connectivity index (χ3v) is 6.23. The summed E-state index contributed by atoms with van der Waals surface area (Å²) in [6, 6.07) is 3.38. The van der Waals surface area contributed by atoms with Crippen molar-refractivity contribution < 1.29 is 28.7 Å². The van der Waals surface area contributed by atoms with Crippen LogP contribution >= 0.6 is 0 Å². The fraction of sp³-hybridized carbons (Fsp3) is 0.480.